The lowest BCUT2D eigenvalue weighted by molar-refractivity contribution is -0.274. The SMILES string of the molecule is O=C(NCC(O)c1ccc(OC(F)(F)F)cc1)c1cccc(NC(=O)C2CCCCC2)c1. The van der Waals surface area contributed by atoms with Crippen molar-refractivity contribution >= 4 is 17.5 Å². The van der Waals surface area contributed by atoms with E-state index in [0.717, 1.165) is 44.2 Å². The summed E-state index contributed by atoms with van der Waals surface area (Å²) in [6.45, 7) is -0.142. The van der Waals surface area contributed by atoms with Crippen LogP contribution in [0.2, 0.25) is 0 Å². The van der Waals surface area contributed by atoms with Crippen molar-refractivity contribution in [3.8, 4) is 5.75 Å². The second kappa shape index (κ2) is 10.5. The van der Waals surface area contributed by atoms with Crippen LogP contribution in [-0.2, 0) is 4.79 Å². The van der Waals surface area contributed by atoms with E-state index in [1.807, 2.05) is 0 Å². The number of hydrogen-bond acceptors (Lipinski definition) is 4. The number of carbonyl (C=O) groups excluding carboxylic acids is 2. The molecule has 0 radical (unpaired) electrons. The Morgan fingerprint density at radius 3 is 2.41 bits per heavy atom. The summed E-state index contributed by atoms with van der Waals surface area (Å²) < 4.78 is 40.5. The van der Waals surface area contributed by atoms with Gasteiger partial charge in [0.25, 0.3) is 5.91 Å². The van der Waals surface area contributed by atoms with Gasteiger partial charge >= 0.3 is 6.36 Å². The van der Waals surface area contributed by atoms with Gasteiger partial charge in [0, 0.05) is 23.7 Å². The molecule has 2 amide bonds. The molecular weight excluding hydrogens is 425 g/mol. The third kappa shape index (κ3) is 6.98. The van der Waals surface area contributed by atoms with Crippen molar-refractivity contribution in [3.05, 3.63) is 59.7 Å². The molecule has 3 N–H and O–H groups in total. The molecule has 1 unspecified atom stereocenters. The van der Waals surface area contributed by atoms with Crippen LogP contribution in [0.3, 0.4) is 0 Å². The topological polar surface area (TPSA) is 87.7 Å². The van der Waals surface area contributed by atoms with Gasteiger partial charge in [0.1, 0.15) is 5.75 Å². The molecule has 0 aromatic heterocycles. The average Bonchev–Trinajstić information content (AvgIpc) is 2.77. The lowest BCUT2D eigenvalue weighted by Crippen LogP contribution is -2.28. The van der Waals surface area contributed by atoms with E-state index in [1.54, 1.807) is 24.3 Å². The number of carbonyl (C=O) groups is 2. The summed E-state index contributed by atoms with van der Waals surface area (Å²) in [5.41, 5.74) is 1.16. The van der Waals surface area contributed by atoms with E-state index in [0.29, 0.717) is 16.8 Å². The summed E-state index contributed by atoms with van der Waals surface area (Å²) in [4.78, 5) is 24.9. The van der Waals surface area contributed by atoms with Crippen LogP contribution in [0.15, 0.2) is 48.5 Å². The molecule has 0 saturated heterocycles. The zero-order chi connectivity index (χ0) is 23.1. The molecule has 1 fully saturated rings. The lowest BCUT2D eigenvalue weighted by Gasteiger charge is -2.20. The highest BCUT2D eigenvalue weighted by molar-refractivity contribution is 5.97. The minimum absolute atomic E-state index is 0.00991. The van der Waals surface area contributed by atoms with Crippen LogP contribution >= 0.6 is 0 Å². The number of aliphatic hydroxyl groups is 1. The van der Waals surface area contributed by atoms with E-state index in [1.165, 1.54) is 12.1 Å². The zero-order valence-electron chi connectivity index (χ0n) is 17.3. The summed E-state index contributed by atoms with van der Waals surface area (Å²) in [6.07, 6.45) is -0.939. The Hall–Kier alpha value is -3.07. The van der Waals surface area contributed by atoms with E-state index in [2.05, 4.69) is 15.4 Å². The maximum absolute atomic E-state index is 12.5. The standard InChI is InChI=1S/C23H25F3N2O4/c24-23(25,26)32-19-11-9-15(10-12-19)20(29)14-27-21(30)17-7-4-8-18(13-17)28-22(31)16-5-2-1-3-6-16/h4,7-13,16,20,29H,1-3,5-6,14H2,(H,27,30)(H,28,31). The summed E-state index contributed by atoms with van der Waals surface area (Å²) in [6, 6.07) is 11.3. The molecule has 32 heavy (non-hydrogen) atoms. The highest BCUT2D eigenvalue weighted by Crippen LogP contribution is 2.26. The first kappa shape index (κ1) is 23.6. The number of benzene rings is 2. The van der Waals surface area contributed by atoms with Crippen LogP contribution in [0.5, 0.6) is 5.75 Å². The molecule has 1 aliphatic carbocycles. The van der Waals surface area contributed by atoms with Gasteiger partial charge in [-0.1, -0.05) is 37.5 Å². The van der Waals surface area contributed by atoms with Crippen LogP contribution in [0.4, 0.5) is 18.9 Å². The van der Waals surface area contributed by atoms with E-state index >= 15 is 0 Å². The quantitative estimate of drug-likeness (QED) is 0.577. The summed E-state index contributed by atoms with van der Waals surface area (Å²) in [5, 5.41) is 15.7. The monoisotopic (exact) mass is 450 g/mol. The predicted octanol–water partition coefficient (Wildman–Crippen LogP) is 4.57. The van der Waals surface area contributed by atoms with Gasteiger partial charge in [-0.3, -0.25) is 9.59 Å². The predicted molar refractivity (Wildman–Crippen MR) is 112 cm³/mol. The Balaban J connectivity index is 1.53. The molecule has 1 saturated carbocycles. The molecule has 1 atom stereocenters. The Bertz CT molecular complexity index is 926. The van der Waals surface area contributed by atoms with Crippen molar-refractivity contribution in [2.24, 2.45) is 5.92 Å². The van der Waals surface area contributed by atoms with Gasteiger partial charge in [-0.2, -0.15) is 0 Å². The van der Waals surface area contributed by atoms with Gasteiger partial charge in [-0.05, 0) is 48.7 Å². The van der Waals surface area contributed by atoms with Crippen molar-refractivity contribution in [3.63, 3.8) is 0 Å². The van der Waals surface area contributed by atoms with Gasteiger partial charge in [0.15, 0.2) is 0 Å². The van der Waals surface area contributed by atoms with Gasteiger partial charge in [0.2, 0.25) is 5.91 Å². The van der Waals surface area contributed by atoms with Crippen LogP contribution < -0.4 is 15.4 Å². The van der Waals surface area contributed by atoms with Crippen molar-refractivity contribution in [1.82, 2.24) is 5.32 Å². The Morgan fingerprint density at radius 2 is 1.75 bits per heavy atom. The van der Waals surface area contributed by atoms with Gasteiger partial charge in [0.05, 0.1) is 6.10 Å². The first-order chi connectivity index (χ1) is 15.2. The minimum atomic E-state index is -4.79. The van der Waals surface area contributed by atoms with Crippen molar-refractivity contribution in [2.75, 3.05) is 11.9 Å². The molecule has 3 rings (SSSR count). The molecule has 0 spiro atoms. The number of hydrogen-bond donors (Lipinski definition) is 3. The van der Waals surface area contributed by atoms with Crippen LogP contribution in [0.1, 0.15) is 54.1 Å². The Labute approximate surface area is 183 Å². The lowest BCUT2D eigenvalue weighted by atomic mass is 9.88. The first-order valence-corrected chi connectivity index (χ1v) is 10.4. The number of rotatable bonds is 7. The second-order valence-corrected chi connectivity index (χ2v) is 7.75. The number of ether oxygens (including phenoxy) is 1. The molecule has 6 nitrogen and oxygen atoms in total. The summed E-state index contributed by atoms with van der Waals surface area (Å²) in [7, 11) is 0. The number of amides is 2. The minimum Gasteiger partial charge on any atom is -0.406 e. The number of aliphatic hydroxyl groups excluding tert-OH is 1. The van der Waals surface area contributed by atoms with E-state index in [9.17, 15) is 27.9 Å². The zero-order valence-corrected chi connectivity index (χ0v) is 17.3. The van der Waals surface area contributed by atoms with E-state index < -0.39 is 24.1 Å². The maximum Gasteiger partial charge on any atom is 0.573 e. The molecule has 2 aromatic rings. The number of halogens is 3. The maximum atomic E-state index is 12.5. The van der Waals surface area contributed by atoms with Crippen LogP contribution in [-0.4, -0.2) is 29.8 Å². The number of alkyl halides is 3. The largest absolute Gasteiger partial charge is 0.573 e. The smallest absolute Gasteiger partial charge is 0.406 e. The van der Waals surface area contributed by atoms with Gasteiger partial charge in [-0.15, -0.1) is 13.2 Å². The van der Waals surface area contributed by atoms with Crippen molar-refractivity contribution in [1.29, 1.82) is 0 Å². The third-order valence-electron chi connectivity index (χ3n) is 5.32. The number of nitrogens with one attached hydrogen (secondary N) is 2. The van der Waals surface area contributed by atoms with Crippen LogP contribution in [0, 0.1) is 5.92 Å². The van der Waals surface area contributed by atoms with E-state index in [-0.39, 0.29) is 18.4 Å². The van der Waals surface area contributed by atoms with Crippen LogP contribution in [0.25, 0.3) is 0 Å². The van der Waals surface area contributed by atoms with Gasteiger partial charge in [-0.25, -0.2) is 0 Å². The second-order valence-electron chi connectivity index (χ2n) is 7.75. The molecule has 2 aromatic carbocycles. The molecular formula is C23H25F3N2O4. The molecule has 0 aliphatic heterocycles. The average molecular weight is 450 g/mol. The molecule has 9 heteroatoms. The fraction of sp³-hybridized carbons (Fsp3) is 0.391. The Morgan fingerprint density at radius 1 is 1.06 bits per heavy atom. The Kier molecular flexibility index (Phi) is 7.74. The molecule has 0 bridgehead atoms. The summed E-state index contributed by atoms with van der Waals surface area (Å²) in [5.74, 6) is -0.903. The molecule has 0 heterocycles. The van der Waals surface area contributed by atoms with E-state index in [4.69, 9.17) is 0 Å². The number of anilines is 1. The highest BCUT2D eigenvalue weighted by Gasteiger charge is 2.31. The van der Waals surface area contributed by atoms with Gasteiger partial charge < -0.3 is 20.5 Å². The molecule has 1 aliphatic rings. The first-order valence-electron chi connectivity index (χ1n) is 10.4. The highest BCUT2D eigenvalue weighted by atomic mass is 19.4. The fourth-order valence-electron chi connectivity index (χ4n) is 3.65. The van der Waals surface area contributed by atoms with Crippen molar-refractivity contribution in [2.45, 2.75) is 44.6 Å². The fourth-order valence-corrected chi connectivity index (χ4v) is 3.65. The van der Waals surface area contributed by atoms with Crippen molar-refractivity contribution < 1.29 is 32.6 Å². The molecule has 172 valence electrons. The summed E-state index contributed by atoms with van der Waals surface area (Å²) >= 11 is 0. The normalized spacial score (nSPS) is 15.6. The third-order valence-corrected chi connectivity index (χ3v) is 5.32.